The van der Waals surface area contributed by atoms with Crippen molar-refractivity contribution in [3.05, 3.63) is 76.3 Å². The van der Waals surface area contributed by atoms with Gasteiger partial charge in [-0.3, -0.25) is 4.79 Å². The van der Waals surface area contributed by atoms with E-state index in [1.165, 1.54) is 12.1 Å². The molecule has 0 fully saturated rings. The van der Waals surface area contributed by atoms with Crippen LogP contribution < -0.4 is 5.32 Å². The predicted molar refractivity (Wildman–Crippen MR) is 100 cm³/mol. The Bertz CT molecular complexity index is 895. The number of amides is 1. The molecular formula is C20H17ClN2O2. The summed E-state index contributed by atoms with van der Waals surface area (Å²) in [5, 5.41) is 22.3. The third-order valence-corrected chi connectivity index (χ3v) is 3.98. The fourth-order valence-corrected chi connectivity index (χ4v) is 2.38. The van der Waals surface area contributed by atoms with E-state index in [0.29, 0.717) is 28.3 Å². The molecule has 0 aliphatic heterocycles. The van der Waals surface area contributed by atoms with Crippen LogP contribution in [0.1, 0.15) is 16.7 Å². The van der Waals surface area contributed by atoms with Crippen LogP contribution in [0.15, 0.2) is 54.6 Å². The fourth-order valence-electron chi connectivity index (χ4n) is 2.20. The molecule has 0 atom stereocenters. The zero-order chi connectivity index (χ0) is 18.4. The van der Waals surface area contributed by atoms with E-state index in [4.69, 9.17) is 11.6 Å². The summed E-state index contributed by atoms with van der Waals surface area (Å²) in [7, 11) is 0. The van der Waals surface area contributed by atoms with Gasteiger partial charge in [-0.05, 0) is 60.4 Å². The molecular weight excluding hydrogens is 336 g/mol. The van der Waals surface area contributed by atoms with Crippen molar-refractivity contribution in [1.29, 1.82) is 5.26 Å². The van der Waals surface area contributed by atoms with Crippen molar-refractivity contribution < 1.29 is 9.90 Å². The minimum Gasteiger partial charge on any atom is -0.508 e. The van der Waals surface area contributed by atoms with Gasteiger partial charge in [0.25, 0.3) is 5.91 Å². The molecule has 2 aromatic rings. The van der Waals surface area contributed by atoms with Crippen LogP contribution in [0.5, 0.6) is 5.75 Å². The first kappa shape index (κ1) is 18.3. The normalized spacial score (nSPS) is 10.8. The Balaban J connectivity index is 2.26. The number of rotatable bonds is 5. The van der Waals surface area contributed by atoms with Gasteiger partial charge in [0.1, 0.15) is 17.4 Å². The molecule has 2 aromatic carbocycles. The number of carbonyl (C=O) groups excluding carboxylic acids is 1. The summed E-state index contributed by atoms with van der Waals surface area (Å²) in [5.41, 5.74) is 2.68. The monoisotopic (exact) mass is 352 g/mol. The molecule has 126 valence electrons. The van der Waals surface area contributed by atoms with Gasteiger partial charge in [-0.15, -0.1) is 6.58 Å². The van der Waals surface area contributed by atoms with Crippen molar-refractivity contribution in [2.75, 3.05) is 5.32 Å². The molecule has 5 heteroatoms. The van der Waals surface area contributed by atoms with Crippen LogP contribution >= 0.6 is 11.6 Å². The van der Waals surface area contributed by atoms with E-state index < -0.39 is 5.91 Å². The van der Waals surface area contributed by atoms with Crippen LogP contribution in [-0.2, 0) is 11.2 Å². The van der Waals surface area contributed by atoms with Gasteiger partial charge < -0.3 is 10.4 Å². The summed E-state index contributed by atoms with van der Waals surface area (Å²) in [6.45, 7) is 5.50. The number of phenolic OH excluding ortho intramolecular Hbond substituents is 1. The average molecular weight is 353 g/mol. The van der Waals surface area contributed by atoms with E-state index in [1.54, 1.807) is 36.4 Å². The number of benzene rings is 2. The molecule has 0 saturated carbocycles. The van der Waals surface area contributed by atoms with E-state index in [-0.39, 0.29) is 11.3 Å². The Labute approximate surface area is 151 Å². The molecule has 0 spiro atoms. The number of aryl methyl sites for hydroxylation is 1. The molecule has 4 nitrogen and oxygen atoms in total. The Morgan fingerprint density at radius 3 is 2.76 bits per heavy atom. The molecule has 0 aliphatic rings. The average Bonchev–Trinajstić information content (AvgIpc) is 2.58. The second kappa shape index (κ2) is 8.18. The summed E-state index contributed by atoms with van der Waals surface area (Å²) in [5.74, 6) is -0.380. The number of aromatic hydroxyl groups is 1. The lowest BCUT2D eigenvalue weighted by molar-refractivity contribution is -0.112. The standard InChI is InChI=1S/C20H17ClN2O2/c1-3-4-15-9-14(6-8-19(15)24)10-16(12-22)20(25)23-17-7-5-13(2)18(21)11-17/h3,5-11,24H,1,4H2,2H3,(H,23,25)/b16-10-. The van der Waals surface area contributed by atoms with Crippen molar-refractivity contribution in [2.45, 2.75) is 13.3 Å². The van der Waals surface area contributed by atoms with Crippen LogP contribution in [-0.4, -0.2) is 11.0 Å². The summed E-state index contributed by atoms with van der Waals surface area (Å²) in [6.07, 6.45) is 3.63. The maximum absolute atomic E-state index is 12.3. The molecule has 0 saturated heterocycles. The van der Waals surface area contributed by atoms with Crippen LogP contribution in [0, 0.1) is 18.3 Å². The van der Waals surface area contributed by atoms with Gasteiger partial charge in [-0.2, -0.15) is 5.26 Å². The number of hydrogen-bond acceptors (Lipinski definition) is 3. The summed E-state index contributed by atoms with van der Waals surface area (Å²) < 4.78 is 0. The van der Waals surface area contributed by atoms with Crippen molar-refractivity contribution in [1.82, 2.24) is 0 Å². The van der Waals surface area contributed by atoms with E-state index in [9.17, 15) is 15.2 Å². The van der Waals surface area contributed by atoms with Crippen molar-refractivity contribution in [3.8, 4) is 11.8 Å². The van der Waals surface area contributed by atoms with Gasteiger partial charge in [0.2, 0.25) is 0 Å². The topological polar surface area (TPSA) is 73.1 Å². The quantitative estimate of drug-likeness (QED) is 0.468. The number of carbonyl (C=O) groups is 1. The van der Waals surface area contributed by atoms with E-state index >= 15 is 0 Å². The van der Waals surface area contributed by atoms with Gasteiger partial charge in [0.05, 0.1) is 0 Å². The number of anilines is 1. The number of nitriles is 1. The molecule has 0 radical (unpaired) electrons. The molecule has 0 aromatic heterocycles. The third kappa shape index (κ3) is 4.72. The first-order valence-electron chi connectivity index (χ1n) is 7.56. The first-order valence-corrected chi connectivity index (χ1v) is 7.94. The lowest BCUT2D eigenvalue weighted by atomic mass is 10.0. The van der Waals surface area contributed by atoms with E-state index in [2.05, 4.69) is 11.9 Å². The van der Waals surface area contributed by atoms with Crippen molar-refractivity contribution >= 4 is 29.3 Å². The van der Waals surface area contributed by atoms with Crippen molar-refractivity contribution in [3.63, 3.8) is 0 Å². The molecule has 0 aliphatic carbocycles. The number of hydrogen-bond donors (Lipinski definition) is 2. The Morgan fingerprint density at radius 1 is 1.36 bits per heavy atom. The number of halogens is 1. The number of nitrogens with zero attached hydrogens (tertiary/aromatic N) is 1. The van der Waals surface area contributed by atoms with Crippen molar-refractivity contribution in [2.24, 2.45) is 0 Å². The summed E-state index contributed by atoms with van der Waals surface area (Å²) in [6, 6.07) is 11.9. The lowest BCUT2D eigenvalue weighted by Crippen LogP contribution is -2.13. The largest absolute Gasteiger partial charge is 0.508 e. The number of nitrogens with one attached hydrogen (secondary N) is 1. The van der Waals surface area contributed by atoms with Gasteiger partial charge in [0.15, 0.2) is 0 Å². The van der Waals surface area contributed by atoms with Gasteiger partial charge >= 0.3 is 0 Å². The summed E-state index contributed by atoms with van der Waals surface area (Å²) >= 11 is 6.04. The maximum Gasteiger partial charge on any atom is 0.266 e. The lowest BCUT2D eigenvalue weighted by Gasteiger charge is -2.07. The third-order valence-electron chi connectivity index (χ3n) is 3.57. The first-order chi connectivity index (χ1) is 11.9. The smallest absolute Gasteiger partial charge is 0.266 e. The minimum absolute atomic E-state index is 0.0491. The van der Waals surface area contributed by atoms with Crippen LogP contribution in [0.3, 0.4) is 0 Å². The number of allylic oxidation sites excluding steroid dienone is 1. The van der Waals surface area contributed by atoms with Gasteiger partial charge in [-0.1, -0.05) is 29.8 Å². The molecule has 2 rings (SSSR count). The molecule has 0 heterocycles. The maximum atomic E-state index is 12.3. The van der Waals surface area contributed by atoms with Crippen LogP contribution in [0.4, 0.5) is 5.69 Å². The number of phenols is 1. The zero-order valence-electron chi connectivity index (χ0n) is 13.7. The van der Waals surface area contributed by atoms with Gasteiger partial charge in [0, 0.05) is 10.7 Å². The molecule has 1 amide bonds. The van der Waals surface area contributed by atoms with Crippen LogP contribution in [0.25, 0.3) is 6.08 Å². The molecule has 0 unspecified atom stereocenters. The zero-order valence-corrected chi connectivity index (χ0v) is 14.5. The SMILES string of the molecule is C=CCc1cc(/C=C(/C#N)C(=O)Nc2ccc(C)c(Cl)c2)ccc1O. The Kier molecular flexibility index (Phi) is 5.99. The predicted octanol–water partition coefficient (Wildman–Crippen LogP) is 4.63. The van der Waals surface area contributed by atoms with Crippen LogP contribution in [0.2, 0.25) is 5.02 Å². The molecule has 2 N–H and O–H groups in total. The molecule has 25 heavy (non-hydrogen) atoms. The van der Waals surface area contributed by atoms with E-state index in [1.807, 2.05) is 13.0 Å². The Morgan fingerprint density at radius 2 is 2.12 bits per heavy atom. The Hall–Kier alpha value is -3.03. The highest BCUT2D eigenvalue weighted by atomic mass is 35.5. The highest BCUT2D eigenvalue weighted by Crippen LogP contribution is 2.22. The summed E-state index contributed by atoms with van der Waals surface area (Å²) in [4.78, 5) is 12.3. The second-order valence-corrected chi connectivity index (χ2v) is 5.88. The highest BCUT2D eigenvalue weighted by molar-refractivity contribution is 6.31. The van der Waals surface area contributed by atoms with E-state index in [0.717, 1.165) is 5.56 Å². The second-order valence-electron chi connectivity index (χ2n) is 5.47. The fraction of sp³-hybridized carbons (Fsp3) is 0.100. The minimum atomic E-state index is -0.527. The molecule has 0 bridgehead atoms. The highest BCUT2D eigenvalue weighted by Gasteiger charge is 2.11. The van der Waals surface area contributed by atoms with Gasteiger partial charge in [-0.25, -0.2) is 0 Å².